The first-order valence-electron chi connectivity index (χ1n) is 6.49. The van der Waals surface area contributed by atoms with E-state index in [-0.39, 0.29) is 0 Å². The van der Waals surface area contributed by atoms with Gasteiger partial charge in [0.25, 0.3) is 0 Å². The summed E-state index contributed by atoms with van der Waals surface area (Å²) in [5, 5.41) is 5.57. The highest BCUT2D eigenvalue weighted by Gasteiger charge is 2.06. The molecular weight excluding hydrogens is 256 g/mol. The molecule has 3 nitrogen and oxygen atoms in total. The van der Waals surface area contributed by atoms with Gasteiger partial charge in [-0.2, -0.15) is 0 Å². The Morgan fingerprint density at radius 1 is 1.37 bits per heavy atom. The van der Waals surface area contributed by atoms with Crippen LogP contribution in [-0.2, 0) is 6.42 Å². The first kappa shape index (κ1) is 13.7. The van der Waals surface area contributed by atoms with E-state index >= 15 is 0 Å². The minimum Gasteiger partial charge on any atom is -0.494 e. The van der Waals surface area contributed by atoms with Gasteiger partial charge in [0.15, 0.2) is 0 Å². The van der Waals surface area contributed by atoms with Gasteiger partial charge < -0.3 is 15.8 Å². The summed E-state index contributed by atoms with van der Waals surface area (Å²) < 4.78 is 5.50. The second-order valence-electron chi connectivity index (χ2n) is 4.55. The molecule has 0 radical (unpaired) electrons. The summed E-state index contributed by atoms with van der Waals surface area (Å²) in [4.78, 5) is 1.38. The van der Waals surface area contributed by atoms with Crippen LogP contribution in [0.1, 0.15) is 18.7 Å². The Morgan fingerprint density at radius 3 is 2.89 bits per heavy atom. The Labute approximate surface area is 118 Å². The third-order valence-electron chi connectivity index (χ3n) is 2.74. The Morgan fingerprint density at radius 2 is 2.21 bits per heavy atom. The topological polar surface area (TPSA) is 47.3 Å². The fourth-order valence-corrected chi connectivity index (χ4v) is 2.86. The van der Waals surface area contributed by atoms with Crippen molar-refractivity contribution in [2.45, 2.75) is 26.3 Å². The molecular formula is C15H20N2OS. The van der Waals surface area contributed by atoms with Gasteiger partial charge in [-0.25, -0.2) is 0 Å². The molecule has 1 heterocycles. The van der Waals surface area contributed by atoms with E-state index in [2.05, 4.69) is 29.8 Å². The Bertz CT molecular complexity index is 511. The number of nitrogens with one attached hydrogen (secondary N) is 1. The number of thiophene rings is 1. The van der Waals surface area contributed by atoms with Crippen molar-refractivity contribution >= 4 is 22.7 Å². The van der Waals surface area contributed by atoms with Gasteiger partial charge >= 0.3 is 0 Å². The molecule has 3 N–H and O–H groups in total. The van der Waals surface area contributed by atoms with Crippen molar-refractivity contribution in [3.8, 4) is 5.75 Å². The first-order chi connectivity index (χ1) is 9.17. The van der Waals surface area contributed by atoms with Gasteiger partial charge in [0.05, 0.1) is 6.61 Å². The van der Waals surface area contributed by atoms with E-state index in [4.69, 9.17) is 10.5 Å². The van der Waals surface area contributed by atoms with Gasteiger partial charge in [-0.1, -0.05) is 6.07 Å². The van der Waals surface area contributed by atoms with E-state index in [0.717, 1.165) is 23.5 Å². The summed E-state index contributed by atoms with van der Waals surface area (Å²) in [6.45, 7) is 4.78. The summed E-state index contributed by atoms with van der Waals surface area (Å²) in [6.07, 6.45) is 1.01. The third kappa shape index (κ3) is 4.17. The summed E-state index contributed by atoms with van der Waals surface area (Å²) in [5.41, 5.74) is 7.61. The molecule has 0 saturated heterocycles. The summed E-state index contributed by atoms with van der Waals surface area (Å²) in [5.74, 6) is 0.813. The molecule has 19 heavy (non-hydrogen) atoms. The summed E-state index contributed by atoms with van der Waals surface area (Å²) in [6, 6.07) is 10.4. The zero-order valence-corrected chi connectivity index (χ0v) is 12.2. The number of nitrogens with two attached hydrogens (primary N) is 1. The van der Waals surface area contributed by atoms with Crippen LogP contribution in [0.25, 0.3) is 0 Å². The quantitative estimate of drug-likeness (QED) is 0.789. The van der Waals surface area contributed by atoms with Crippen LogP contribution >= 0.6 is 11.3 Å². The number of anilines is 2. The van der Waals surface area contributed by atoms with Crippen LogP contribution in [0.2, 0.25) is 0 Å². The predicted molar refractivity (Wildman–Crippen MR) is 83.1 cm³/mol. The first-order valence-corrected chi connectivity index (χ1v) is 7.37. The van der Waals surface area contributed by atoms with Gasteiger partial charge in [0.2, 0.25) is 0 Å². The number of nitrogen functional groups attached to an aromatic ring is 1. The average Bonchev–Trinajstić information content (AvgIpc) is 2.81. The van der Waals surface area contributed by atoms with Crippen LogP contribution in [0.4, 0.5) is 11.4 Å². The molecule has 2 aromatic rings. The highest BCUT2D eigenvalue weighted by Crippen LogP contribution is 2.24. The highest BCUT2D eigenvalue weighted by atomic mass is 32.1. The van der Waals surface area contributed by atoms with Crippen molar-refractivity contribution in [3.05, 3.63) is 40.6 Å². The van der Waals surface area contributed by atoms with Crippen LogP contribution in [-0.4, -0.2) is 12.6 Å². The summed E-state index contributed by atoms with van der Waals surface area (Å²) >= 11 is 1.79. The van der Waals surface area contributed by atoms with Crippen LogP contribution in [0.15, 0.2) is 35.7 Å². The van der Waals surface area contributed by atoms with E-state index in [1.165, 1.54) is 4.88 Å². The van der Waals surface area contributed by atoms with Crippen molar-refractivity contribution in [1.29, 1.82) is 0 Å². The van der Waals surface area contributed by atoms with E-state index in [1.807, 2.05) is 25.1 Å². The minimum absolute atomic E-state index is 0.356. The van der Waals surface area contributed by atoms with Crippen LogP contribution in [0.5, 0.6) is 5.75 Å². The Kier molecular flexibility index (Phi) is 4.68. The lowest BCUT2D eigenvalue weighted by molar-refractivity contribution is 0.340. The lowest BCUT2D eigenvalue weighted by Crippen LogP contribution is -2.17. The Balaban J connectivity index is 2.01. The largest absolute Gasteiger partial charge is 0.494 e. The molecule has 0 spiro atoms. The molecule has 102 valence electrons. The van der Waals surface area contributed by atoms with E-state index < -0.39 is 0 Å². The molecule has 0 aliphatic carbocycles. The predicted octanol–water partition coefficient (Wildman–Crippen LogP) is 3.77. The number of hydrogen-bond acceptors (Lipinski definition) is 4. The number of rotatable bonds is 6. The normalized spacial score (nSPS) is 12.1. The smallest absolute Gasteiger partial charge is 0.123 e. The van der Waals surface area contributed by atoms with Crippen LogP contribution < -0.4 is 15.8 Å². The van der Waals surface area contributed by atoms with Crippen molar-refractivity contribution in [1.82, 2.24) is 0 Å². The van der Waals surface area contributed by atoms with Crippen molar-refractivity contribution in [3.63, 3.8) is 0 Å². The monoisotopic (exact) mass is 276 g/mol. The van der Waals surface area contributed by atoms with Crippen molar-refractivity contribution in [2.75, 3.05) is 17.7 Å². The van der Waals surface area contributed by atoms with Gasteiger partial charge in [0.1, 0.15) is 5.75 Å². The van der Waals surface area contributed by atoms with Gasteiger partial charge in [-0.15, -0.1) is 11.3 Å². The molecule has 4 heteroatoms. The maximum Gasteiger partial charge on any atom is 0.123 e. The third-order valence-corrected chi connectivity index (χ3v) is 3.64. The standard InChI is InChI=1S/C15H20N2OS/c1-3-18-14-9-12(16)8-13(10-14)17-11(2)7-15-5-4-6-19-15/h4-6,8-11,17H,3,7,16H2,1-2H3. The Hall–Kier alpha value is -1.68. The molecule has 0 aliphatic rings. The molecule has 1 aromatic carbocycles. The molecule has 0 bridgehead atoms. The summed E-state index contributed by atoms with van der Waals surface area (Å²) in [7, 11) is 0. The zero-order valence-electron chi connectivity index (χ0n) is 11.3. The van der Waals surface area contributed by atoms with E-state index in [9.17, 15) is 0 Å². The molecule has 0 fully saturated rings. The van der Waals surface area contributed by atoms with Gasteiger partial charge in [0, 0.05) is 40.8 Å². The lowest BCUT2D eigenvalue weighted by atomic mass is 10.2. The maximum absolute atomic E-state index is 5.88. The fourth-order valence-electron chi connectivity index (χ4n) is 2.02. The van der Waals surface area contributed by atoms with Gasteiger partial charge in [-0.3, -0.25) is 0 Å². The number of benzene rings is 1. The molecule has 1 aromatic heterocycles. The molecule has 0 saturated carbocycles. The average molecular weight is 276 g/mol. The van der Waals surface area contributed by atoms with Crippen molar-refractivity contribution < 1.29 is 4.74 Å². The second-order valence-corrected chi connectivity index (χ2v) is 5.58. The number of hydrogen-bond donors (Lipinski definition) is 2. The van der Waals surface area contributed by atoms with E-state index in [0.29, 0.717) is 12.6 Å². The fraction of sp³-hybridized carbons (Fsp3) is 0.333. The van der Waals surface area contributed by atoms with Crippen LogP contribution in [0.3, 0.4) is 0 Å². The van der Waals surface area contributed by atoms with E-state index in [1.54, 1.807) is 11.3 Å². The zero-order chi connectivity index (χ0) is 13.7. The SMILES string of the molecule is CCOc1cc(N)cc(NC(C)Cc2cccs2)c1. The minimum atomic E-state index is 0.356. The maximum atomic E-state index is 5.88. The van der Waals surface area contributed by atoms with Crippen LogP contribution in [0, 0.1) is 0 Å². The molecule has 1 atom stereocenters. The molecule has 2 rings (SSSR count). The highest BCUT2D eigenvalue weighted by molar-refractivity contribution is 7.09. The lowest BCUT2D eigenvalue weighted by Gasteiger charge is -2.16. The molecule has 0 aliphatic heterocycles. The number of ether oxygens (including phenoxy) is 1. The molecule has 1 unspecified atom stereocenters. The second kappa shape index (κ2) is 6.48. The van der Waals surface area contributed by atoms with Crippen molar-refractivity contribution in [2.24, 2.45) is 0 Å². The molecule has 0 amide bonds. The van der Waals surface area contributed by atoms with Gasteiger partial charge in [-0.05, 0) is 31.4 Å².